The van der Waals surface area contributed by atoms with Gasteiger partial charge in [-0.25, -0.2) is 4.68 Å². The molecule has 3 aromatic rings. The fourth-order valence-electron chi connectivity index (χ4n) is 3.27. The van der Waals surface area contributed by atoms with Gasteiger partial charge in [-0.05, 0) is 31.0 Å². The summed E-state index contributed by atoms with van der Waals surface area (Å²) >= 11 is 0. The molecular weight excluding hydrogens is 360 g/mol. The van der Waals surface area contributed by atoms with E-state index in [1.807, 2.05) is 30.3 Å². The number of benzene rings is 2. The fourth-order valence-corrected chi connectivity index (χ4v) is 3.27. The number of non-ortho nitro benzene ring substituents is 1. The molecule has 0 saturated heterocycles. The molecule has 1 aromatic heterocycles. The summed E-state index contributed by atoms with van der Waals surface area (Å²) in [6.07, 6.45) is 0.843. The lowest BCUT2D eigenvalue weighted by Gasteiger charge is -2.29. The number of nitrogens with zero attached hydrogens (tertiary/aromatic N) is 4. The van der Waals surface area contributed by atoms with Crippen LogP contribution in [-0.2, 0) is 0 Å². The van der Waals surface area contributed by atoms with E-state index >= 15 is 0 Å². The highest BCUT2D eigenvalue weighted by atomic mass is 16.6. The zero-order valence-corrected chi connectivity index (χ0v) is 15.1. The molecule has 4 rings (SSSR count). The number of carbonyl (C=O) groups is 1. The maximum absolute atomic E-state index is 12.4. The van der Waals surface area contributed by atoms with Gasteiger partial charge in [0.2, 0.25) is 5.95 Å². The van der Waals surface area contributed by atoms with Gasteiger partial charge >= 0.3 is 0 Å². The van der Waals surface area contributed by atoms with Crippen molar-refractivity contribution in [1.29, 1.82) is 0 Å². The molecule has 9 nitrogen and oxygen atoms in total. The molecule has 2 aromatic carbocycles. The average molecular weight is 378 g/mol. The number of nitro groups is 1. The third-order valence-corrected chi connectivity index (χ3v) is 4.63. The predicted octanol–water partition coefficient (Wildman–Crippen LogP) is 3.23. The number of carbonyl (C=O) groups excluding carboxylic acids is 1. The van der Waals surface area contributed by atoms with Crippen molar-refractivity contribution in [3.8, 4) is 0 Å². The van der Waals surface area contributed by atoms with Gasteiger partial charge in [-0.1, -0.05) is 30.3 Å². The highest BCUT2D eigenvalue weighted by Crippen LogP contribution is 2.31. The zero-order chi connectivity index (χ0) is 19.7. The van der Waals surface area contributed by atoms with Crippen LogP contribution in [0, 0.1) is 10.1 Å². The van der Waals surface area contributed by atoms with E-state index in [0.717, 1.165) is 12.0 Å². The molecule has 2 heterocycles. The lowest BCUT2D eigenvalue weighted by atomic mass is 9.99. The molecule has 1 aliphatic rings. The van der Waals surface area contributed by atoms with Crippen LogP contribution < -0.4 is 10.6 Å². The van der Waals surface area contributed by atoms with Gasteiger partial charge in [0.15, 0.2) is 0 Å². The number of nitrogens with one attached hydrogen (secondary N) is 2. The molecule has 0 aliphatic carbocycles. The molecule has 2 atom stereocenters. The van der Waals surface area contributed by atoms with Crippen molar-refractivity contribution < 1.29 is 9.72 Å². The molecule has 0 saturated carbocycles. The van der Waals surface area contributed by atoms with Gasteiger partial charge in [-0.2, -0.15) is 4.98 Å². The van der Waals surface area contributed by atoms with Crippen LogP contribution in [0.5, 0.6) is 0 Å². The number of hydrogen-bond acceptors (Lipinski definition) is 6. The van der Waals surface area contributed by atoms with E-state index in [-0.39, 0.29) is 23.7 Å². The average Bonchev–Trinajstić information content (AvgIpc) is 3.10. The number of nitro benzene ring substituents is 1. The molecule has 9 heteroatoms. The van der Waals surface area contributed by atoms with Crippen LogP contribution in [-0.4, -0.2) is 31.6 Å². The van der Waals surface area contributed by atoms with E-state index in [4.69, 9.17) is 0 Å². The van der Waals surface area contributed by atoms with E-state index in [0.29, 0.717) is 11.5 Å². The molecule has 2 N–H and O–H groups in total. The van der Waals surface area contributed by atoms with Crippen molar-refractivity contribution in [2.45, 2.75) is 25.4 Å². The summed E-state index contributed by atoms with van der Waals surface area (Å²) in [4.78, 5) is 27.0. The van der Waals surface area contributed by atoms with Crippen LogP contribution in [0.1, 0.15) is 35.3 Å². The van der Waals surface area contributed by atoms with Gasteiger partial charge < -0.3 is 5.32 Å². The number of fused-ring (bicyclic) bond motifs is 1. The number of hydrogen-bond donors (Lipinski definition) is 2. The first-order valence-corrected chi connectivity index (χ1v) is 8.85. The Morgan fingerprint density at radius 1 is 1.21 bits per heavy atom. The van der Waals surface area contributed by atoms with Crippen LogP contribution in [0.4, 0.5) is 17.6 Å². The van der Waals surface area contributed by atoms with Gasteiger partial charge in [0.25, 0.3) is 17.5 Å². The van der Waals surface area contributed by atoms with Crippen LogP contribution in [0.3, 0.4) is 0 Å². The Bertz CT molecular complexity index is 1020. The van der Waals surface area contributed by atoms with Crippen LogP contribution in [0.25, 0.3) is 0 Å². The number of amides is 1. The quantitative estimate of drug-likeness (QED) is 0.532. The molecule has 1 aliphatic heterocycles. The second-order valence-corrected chi connectivity index (χ2v) is 6.67. The molecule has 28 heavy (non-hydrogen) atoms. The summed E-state index contributed by atoms with van der Waals surface area (Å²) < 4.78 is 1.78. The first kappa shape index (κ1) is 17.7. The minimum Gasteiger partial charge on any atom is -0.352 e. The third-order valence-electron chi connectivity index (χ3n) is 4.63. The molecule has 0 spiro atoms. The minimum absolute atomic E-state index is 0.0185. The Morgan fingerprint density at radius 3 is 2.61 bits per heavy atom. The molecule has 0 bridgehead atoms. The highest BCUT2D eigenvalue weighted by Gasteiger charge is 2.28. The number of rotatable bonds is 4. The van der Waals surface area contributed by atoms with Crippen molar-refractivity contribution in [2.75, 3.05) is 10.6 Å². The van der Waals surface area contributed by atoms with Crippen LogP contribution in [0.2, 0.25) is 0 Å². The third kappa shape index (κ3) is 3.41. The summed E-state index contributed by atoms with van der Waals surface area (Å²) in [6.45, 7) is 2.07. The number of anilines is 2. The van der Waals surface area contributed by atoms with Crippen LogP contribution in [0.15, 0.2) is 54.6 Å². The lowest BCUT2D eigenvalue weighted by Crippen LogP contribution is -2.31. The molecule has 0 fully saturated rings. The summed E-state index contributed by atoms with van der Waals surface area (Å²) in [5.41, 5.74) is 1.34. The summed E-state index contributed by atoms with van der Waals surface area (Å²) in [5, 5.41) is 21.1. The van der Waals surface area contributed by atoms with E-state index in [9.17, 15) is 14.9 Å². The first-order valence-electron chi connectivity index (χ1n) is 8.85. The Morgan fingerprint density at radius 2 is 1.93 bits per heavy atom. The normalized spacial score (nSPS) is 18.0. The van der Waals surface area contributed by atoms with Crippen molar-refractivity contribution in [2.24, 2.45) is 0 Å². The van der Waals surface area contributed by atoms with Gasteiger partial charge in [0, 0.05) is 23.7 Å². The van der Waals surface area contributed by atoms with Crippen molar-refractivity contribution in [3.63, 3.8) is 0 Å². The minimum atomic E-state index is -0.511. The second kappa shape index (κ2) is 7.10. The molecule has 0 radical (unpaired) electrons. The number of aromatic nitrogens is 3. The van der Waals surface area contributed by atoms with Crippen molar-refractivity contribution >= 4 is 23.5 Å². The summed E-state index contributed by atoms with van der Waals surface area (Å²) in [6, 6.07) is 15.6. The SMILES string of the molecule is C[C@H]1C[C@@H](c2ccccc2)n2nc(NC(=O)c3ccc([N+](=O)[O-])cc3)nc2N1. The van der Waals surface area contributed by atoms with Crippen LogP contribution >= 0.6 is 0 Å². The van der Waals surface area contributed by atoms with Crippen molar-refractivity contribution in [3.05, 3.63) is 75.8 Å². The lowest BCUT2D eigenvalue weighted by molar-refractivity contribution is -0.384. The largest absolute Gasteiger partial charge is 0.352 e. The fraction of sp³-hybridized carbons (Fsp3) is 0.211. The predicted molar refractivity (Wildman–Crippen MR) is 103 cm³/mol. The van der Waals surface area contributed by atoms with Gasteiger partial charge in [-0.15, -0.1) is 5.10 Å². The first-order chi connectivity index (χ1) is 13.5. The van der Waals surface area contributed by atoms with E-state index in [1.54, 1.807) is 4.68 Å². The van der Waals surface area contributed by atoms with Gasteiger partial charge in [0.05, 0.1) is 11.0 Å². The Labute approximate surface area is 160 Å². The Balaban J connectivity index is 1.57. The van der Waals surface area contributed by atoms with E-state index in [1.165, 1.54) is 24.3 Å². The van der Waals surface area contributed by atoms with E-state index in [2.05, 4.69) is 27.6 Å². The van der Waals surface area contributed by atoms with E-state index < -0.39 is 10.8 Å². The topological polar surface area (TPSA) is 115 Å². The van der Waals surface area contributed by atoms with Gasteiger partial charge in [-0.3, -0.25) is 20.2 Å². The highest BCUT2D eigenvalue weighted by molar-refractivity contribution is 6.03. The molecule has 0 unspecified atom stereocenters. The monoisotopic (exact) mass is 378 g/mol. The summed E-state index contributed by atoms with van der Waals surface area (Å²) in [5.74, 6) is 0.342. The summed E-state index contributed by atoms with van der Waals surface area (Å²) in [7, 11) is 0. The maximum atomic E-state index is 12.4. The Kier molecular flexibility index (Phi) is 4.48. The molecular formula is C19H18N6O3. The molecule has 1 amide bonds. The standard InChI is InChI=1S/C19H18N6O3/c1-12-11-16(13-5-3-2-4-6-13)24-19(20-12)22-18(23-24)21-17(26)14-7-9-15(10-8-14)25(27)28/h2-10,12,16H,11H2,1H3,(H2,20,21,22,23,26)/t12-,16-/m0/s1. The van der Waals surface area contributed by atoms with Gasteiger partial charge in [0.1, 0.15) is 0 Å². The second-order valence-electron chi connectivity index (χ2n) is 6.67. The smallest absolute Gasteiger partial charge is 0.269 e. The maximum Gasteiger partial charge on any atom is 0.269 e. The molecule has 142 valence electrons. The van der Waals surface area contributed by atoms with Crippen molar-refractivity contribution in [1.82, 2.24) is 14.8 Å². The Hall–Kier alpha value is -3.75. The zero-order valence-electron chi connectivity index (χ0n) is 15.1.